The molecule has 0 aromatic heterocycles. The fraction of sp³-hybridized carbons (Fsp3) is 0.467. The van der Waals surface area contributed by atoms with Gasteiger partial charge in [0, 0.05) is 24.5 Å². The average Bonchev–Trinajstić information content (AvgIpc) is 2.94. The van der Waals surface area contributed by atoms with Crippen LogP contribution in [0.5, 0.6) is 0 Å². The van der Waals surface area contributed by atoms with E-state index in [2.05, 4.69) is 16.0 Å². The van der Waals surface area contributed by atoms with Gasteiger partial charge in [-0.25, -0.2) is 4.79 Å². The highest BCUT2D eigenvalue weighted by Gasteiger charge is 2.23. The fourth-order valence-electron chi connectivity index (χ4n) is 2.77. The molecule has 0 saturated carbocycles. The topological polar surface area (TPSA) is 73.5 Å². The minimum absolute atomic E-state index is 0.00211. The van der Waals surface area contributed by atoms with Gasteiger partial charge in [0.2, 0.25) is 5.91 Å². The van der Waals surface area contributed by atoms with Crippen molar-refractivity contribution < 1.29 is 9.59 Å². The van der Waals surface area contributed by atoms with E-state index in [0.717, 1.165) is 37.2 Å². The maximum absolute atomic E-state index is 12.2. The molecule has 3 amide bonds. The average molecular weight is 288 g/mol. The molecule has 2 fully saturated rings. The van der Waals surface area contributed by atoms with Crippen LogP contribution >= 0.6 is 0 Å². The zero-order valence-corrected chi connectivity index (χ0v) is 11.9. The van der Waals surface area contributed by atoms with Gasteiger partial charge >= 0.3 is 6.03 Å². The molecule has 3 N–H and O–H groups in total. The van der Waals surface area contributed by atoms with E-state index in [1.807, 2.05) is 24.3 Å². The zero-order chi connectivity index (χ0) is 14.7. The summed E-state index contributed by atoms with van der Waals surface area (Å²) in [5.74, 6) is -0.00211. The summed E-state index contributed by atoms with van der Waals surface area (Å²) in [6, 6.07) is 7.21. The first-order valence-corrected chi connectivity index (χ1v) is 7.44. The second-order valence-electron chi connectivity index (χ2n) is 5.43. The summed E-state index contributed by atoms with van der Waals surface area (Å²) < 4.78 is 0. The molecular formula is C15H20N4O2. The Hall–Kier alpha value is -2.08. The molecule has 1 atom stereocenters. The number of nitrogens with zero attached hydrogens (tertiary/aromatic N) is 1. The Morgan fingerprint density at radius 3 is 2.90 bits per heavy atom. The van der Waals surface area contributed by atoms with Crippen molar-refractivity contribution in [1.82, 2.24) is 10.6 Å². The van der Waals surface area contributed by atoms with Crippen molar-refractivity contribution >= 4 is 23.3 Å². The molecule has 1 unspecified atom stereocenters. The molecular weight excluding hydrogens is 268 g/mol. The van der Waals surface area contributed by atoms with E-state index in [9.17, 15) is 9.59 Å². The van der Waals surface area contributed by atoms with Crippen LogP contribution in [0.2, 0.25) is 0 Å². The van der Waals surface area contributed by atoms with Crippen LogP contribution in [0.15, 0.2) is 24.3 Å². The van der Waals surface area contributed by atoms with Gasteiger partial charge in [-0.2, -0.15) is 0 Å². The van der Waals surface area contributed by atoms with Gasteiger partial charge in [0.1, 0.15) is 0 Å². The van der Waals surface area contributed by atoms with E-state index >= 15 is 0 Å². The van der Waals surface area contributed by atoms with E-state index in [4.69, 9.17) is 0 Å². The van der Waals surface area contributed by atoms with E-state index in [0.29, 0.717) is 13.1 Å². The highest BCUT2D eigenvalue weighted by Crippen LogP contribution is 2.21. The van der Waals surface area contributed by atoms with Gasteiger partial charge in [0.15, 0.2) is 0 Å². The number of benzene rings is 1. The van der Waals surface area contributed by atoms with Gasteiger partial charge in [0.05, 0.1) is 6.04 Å². The number of urea groups is 1. The van der Waals surface area contributed by atoms with E-state index in [1.54, 1.807) is 4.90 Å². The second kappa shape index (κ2) is 6.13. The first kappa shape index (κ1) is 13.9. The molecule has 112 valence electrons. The van der Waals surface area contributed by atoms with Crippen molar-refractivity contribution in [2.24, 2.45) is 0 Å². The number of carbonyl (C=O) groups is 2. The SMILES string of the molecule is O=C(Nc1cccc(N2CCNC2=O)c1)C1CCCCN1. The van der Waals surface area contributed by atoms with Crippen LogP contribution in [0.25, 0.3) is 0 Å². The van der Waals surface area contributed by atoms with Gasteiger partial charge in [-0.3, -0.25) is 9.69 Å². The predicted molar refractivity (Wildman–Crippen MR) is 81.5 cm³/mol. The third-order valence-corrected chi connectivity index (χ3v) is 3.91. The minimum atomic E-state index is -0.113. The summed E-state index contributed by atoms with van der Waals surface area (Å²) in [5, 5.41) is 8.93. The van der Waals surface area contributed by atoms with Crippen LogP contribution in [0.1, 0.15) is 19.3 Å². The number of piperidine rings is 1. The van der Waals surface area contributed by atoms with Crippen LogP contribution in [0, 0.1) is 0 Å². The summed E-state index contributed by atoms with van der Waals surface area (Å²) in [4.78, 5) is 25.5. The Morgan fingerprint density at radius 2 is 2.19 bits per heavy atom. The summed E-state index contributed by atoms with van der Waals surface area (Å²) in [6.07, 6.45) is 3.09. The normalized spacial score (nSPS) is 22.0. The van der Waals surface area contributed by atoms with Crippen molar-refractivity contribution in [3.63, 3.8) is 0 Å². The summed E-state index contributed by atoms with van der Waals surface area (Å²) in [5.41, 5.74) is 1.53. The van der Waals surface area contributed by atoms with Crippen LogP contribution in [0.3, 0.4) is 0 Å². The van der Waals surface area contributed by atoms with Gasteiger partial charge in [-0.1, -0.05) is 12.5 Å². The van der Waals surface area contributed by atoms with E-state index in [-0.39, 0.29) is 18.0 Å². The molecule has 0 aliphatic carbocycles. The largest absolute Gasteiger partial charge is 0.336 e. The highest BCUT2D eigenvalue weighted by atomic mass is 16.2. The second-order valence-corrected chi connectivity index (χ2v) is 5.43. The number of hydrogen-bond donors (Lipinski definition) is 3. The Balaban J connectivity index is 1.68. The maximum Gasteiger partial charge on any atom is 0.321 e. The van der Waals surface area contributed by atoms with Crippen molar-refractivity contribution in [1.29, 1.82) is 0 Å². The lowest BCUT2D eigenvalue weighted by molar-refractivity contribution is -0.118. The number of hydrogen-bond acceptors (Lipinski definition) is 3. The van der Waals surface area contributed by atoms with Gasteiger partial charge in [-0.05, 0) is 37.6 Å². The lowest BCUT2D eigenvalue weighted by Gasteiger charge is -2.23. The van der Waals surface area contributed by atoms with Crippen LogP contribution in [-0.4, -0.2) is 37.6 Å². The van der Waals surface area contributed by atoms with Crippen LogP contribution in [-0.2, 0) is 4.79 Å². The lowest BCUT2D eigenvalue weighted by Crippen LogP contribution is -2.43. The lowest BCUT2D eigenvalue weighted by atomic mass is 10.0. The van der Waals surface area contributed by atoms with Crippen molar-refractivity contribution in [2.75, 3.05) is 29.9 Å². The molecule has 6 nitrogen and oxygen atoms in total. The Morgan fingerprint density at radius 1 is 1.29 bits per heavy atom. The van der Waals surface area contributed by atoms with E-state index < -0.39 is 0 Å². The molecule has 0 spiro atoms. The number of amides is 3. The Labute approximate surface area is 123 Å². The summed E-state index contributed by atoms with van der Waals surface area (Å²) in [7, 11) is 0. The molecule has 3 rings (SSSR count). The number of anilines is 2. The summed E-state index contributed by atoms with van der Waals surface area (Å²) >= 11 is 0. The molecule has 0 bridgehead atoms. The van der Waals surface area contributed by atoms with E-state index in [1.165, 1.54) is 0 Å². The molecule has 1 aromatic rings. The van der Waals surface area contributed by atoms with Gasteiger partial charge in [0.25, 0.3) is 0 Å². The van der Waals surface area contributed by atoms with Gasteiger partial charge in [-0.15, -0.1) is 0 Å². The number of nitrogens with one attached hydrogen (secondary N) is 3. The summed E-state index contributed by atoms with van der Waals surface area (Å²) in [6.45, 7) is 2.20. The third kappa shape index (κ3) is 3.16. The molecule has 21 heavy (non-hydrogen) atoms. The third-order valence-electron chi connectivity index (χ3n) is 3.91. The Kier molecular flexibility index (Phi) is 4.06. The predicted octanol–water partition coefficient (Wildman–Crippen LogP) is 1.30. The number of carbonyl (C=O) groups excluding carboxylic acids is 2. The van der Waals surface area contributed by atoms with Crippen LogP contribution in [0.4, 0.5) is 16.2 Å². The minimum Gasteiger partial charge on any atom is -0.336 e. The maximum atomic E-state index is 12.2. The fourth-order valence-corrected chi connectivity index (χ4v) is 2.77. The standard InChI is InChI=1S/C15H20N4O2/c20-14(13-6-1-2-7-16-13)18-11-4-3-5-12(10-11)19-9-8-17-15(19)21/h3-5,10,13,16H,1-2,6-9H2,(H,17,21)(H,18,20). The van der Waals surface area contributed by atoms with Gasteiger partial charge < -0.3 is 16.0 Å². The molecule has 2 aliphatic heterocycles. The number of rotatable bonds is 3. The van der Waals surface area contributed by atoms with Crippen molar-refractivity contribution in [3.05, 3.63) is 24.3 Å². The quantitative estimate of drug-likeness (QED) is 0.785. The van der Waals surface area contributed by atoms with Crippen molar-refractivity contribution in [2.45, 2.75) is 25.3 Å². The first-order valence-electron chi connectivity index (χ1n) is 7.44. The highest BCUT2D eigenvalue weighted by molar-refractivity contribution is 5.97. The molecule has 2 aliphatic rings. The Bertz CT molecular complexity index is 540. The molecule has 2 saturated heterocycles. The zero-order valence-electron chi connectivity index (χ0n) is 11.9. The van der Waals surface area contributed by atoms with Crippen LogP contribution < -0.4 is 20.9 Å². The molecule has 2 heterocycles. The van der Waals surface area contributed by atoms with Crippen molar-refractivity contribution in [3.8, 4) is 0 Å². The molecule has 1 aromatic carbocycles. The molecule has 0 radical (unpaired) electrons. The molecule has 6 heteroatoms. The monoisotopic (exact) mass is 288 g/mol. The first-order chi connectivity index (χ1) is 10.2. The smallest absolute Gasteiger partial charge is 0.321 e.